The van der Waals surface area contributed by atoms with Gasteiger partial charge in [0.05, 0.1) is 6.10 Å². The molecule has 0 aromatic rings. The van der Waals surface area contributed by atoms with E-state index in [1.165, 1.54) is 12.8 Å². The molecule has 2 fully saturated rings. The summed E-state index contributed by atoms with van der Waals surface area (Å²) in [6, 6.07) is 0. The fourth-order valence-corrected chi connectivity index (χ4v) is 2.86. The minimum atomic E-state index is -0.223. The van der Waals surface area contributed by atoms with Crippen molar-refractivity contribution in [3.05, 3.63) is 0 Å². The van der Waals surface area contributed by atoms with Gasteiger partial charge in [0.1, 0.15) is 6.10 Å². The Morgan fingerprint density at radius 3 is 2.88 bits per heavy atom. The van der Waals surface area contributed by atoms with E-state index >= 15 is 0 Å². The summed E-state index contributed by atoms with van der Waals surface area (Å²) >= 11 is 0. The second-order valence-electron chi connectivity index (χ2n) is 5.26. The van der Waals surface area contributed by atoms with Crippen molar-refractivity contribution in [1.82, 2.24) is 4.90 Å². The van der Waals surface area contributed by atoms with E-state index in [9.17, 15) is 4.79 Å². The van der Waals surface area contributed by atoms with Crippen molar-refractivity contribution in [3.63, 3.8) is 0 Å². The summed E-state index contributed by atoms with van der Waals surface area (Å²) in [5, 5.41) is 0. The van der Waals surface area contributed by atoms with Gasteiger partial charge in [0.15, 0.2) is 0 Å². The van der Waals surface area contributed by atoms with Crippen LogP contribution >= 0.6 is 0 Å². The number of nitrogens with zero attached hydrogens (tertiary/aromatic N) is 1. The third-order valence-electron chi connectivity index (χ3n) is 4.05. The molecule has 0 aromatic carbocycles. The smallest absolute Gasteiger partial charge is 0.251 e. The van der Waals surface area contributed by atoms with Gasteiger partial charge < -0.3 is 15.4 Å². The zero-order chi connectivity index (χ0) is 12.3. The van der Waals surface area contributed by atoms with Crippen LogP contribution < -0.4 is 5.73 Å². The first-order valence-electron chi connectivity index (χ1n) is 6.89. The van der Waals surface area contributed by atoms with Gasteiger partial charge in [0.2, 0.25) is 0 Å². The Bertz CT molecular complexity index is 270. The van der Waals surface area contributed by atoms with Crippen LogP contribution in [0.3, 0.4) is 0 Å². The SMILES string of the molecule is CCC1CCCN(C(=O)[C@@H]2CC[C@H](CN)O2)C1. The molecule has 0 saturated carbocycles. The molecule has 0 bridgehead atoms. The molecular formula is C13H24N2O2. The van der Waals surface area contributed by atoms with E-state index in [4.69, 9.17) is 10.5 Å². The molecule has 4 heteroatoms. The molecule has 3 atom stereocenters. The van der Waals surface area contributed by atoms with Crippen LogP contribution in [0.4, 0.5) is 0 Å². The van der Waals surface area contributed by atoms with Crippen molar-refractivity contribution < 1.29 is 9.53 Å². The normalized spacial score (nSPS) is 34.0. The van der Waals surface area contributed by atoms with E-state index in [1.807, 2.05) is 4.90 Å². The van der Waals surface area contributed by atoms with Crippen LogP contribution in [0.15, 0.2) is 0 Å². The molecule has 98 valence electrons. The number of carbonyl (C=O) groups is 1. The van der Waals surface area contributed by atoms with E-state index in [1.54, 1.807) is 0 Å². The molecule has 2 aliphatic rings. The molecule has 2 heterocycles. The van der Waals surface area contributed by atoms with Gasteiger partial charge >= 0.3 is 0 Å². The molecule has 0 aromatic heterocycles. The van der Waals surface area contributed by atoms with Gasteiger partial charge in [0, 0.05) is 19.6 Å². The number of piperidine rings is 1. The average molecular weight is 240 g/mol. The second kappa shape index (κ2) is 5.83. The highest BCUT2D eigenvalue weighted by Crippen LogP contribution is 2.24. The maximum absolute atomic E-state index is 12.3. The molecule has 2 saturated heterocycles. The van der Waals surface area contributed by atoms with Crippen LogP contribution in [0.25, 0.3) is 0 Å². The second-order valence-corrected chi connectivity index (χ2v) is 5.26. The number of rotatable bonds is 3. The van der Waals surface area contributed by atoms with Crippen LogP contribution in [0.1, 0.15) is 39.0 Å². The van der Waals surface area contributed by atoms with Gasteiger partial charge in [-0.25, -0.2) is 0 Å². The highest BCUT2D eigenvalue weighted by atomic mass is 16.5. The maximum atomic E-state index is 12.3. The van der Waals surface area contributed by atoms with Crippen LogP contribution in [0.5, 0.6) is 0 Å². The van der Waals surface area contributed by atoms with E-state index in [-0.39, 0.29) is 18.1 Å². The van der Waals surface area contributed by atoms with Crippen molar-refractivity contribution in [2.75, 3.05) is 19.6 Å². The van der Waals surface area contributed by atoms with Crippen molar-refractivity contribution in [3.8, 4) is 0 Å². The number of carbonyl (C=O) groups excluding carboxylic acids is 1. The molecule has 17 heavy (non-hydrogen) atoms. The largest absolute Gasteiger partial charge is 0.364 e. The summed E-state index contributed by atoms with van der Waals surface area (Å²) in [4.78, 5) is 14.3. The van der Waals surface area contributed by atoms with Gasteiger partial charge in [-0.2, -0.15) is 0 Å². The minimum absolute atomic E-state index is 0.0933. The maximum Gasteiger partial charge on any atom is 0.251 e. The lowest BCUT2D eigenvalue weighted by atomic mass is 9.95. The van der Waals surface area contributed by atoms with Gasteiger partial charge in [0.25, 0.3) is 5.91 Å². The topological polar surface area (TPSA) is 55.6 Å². The summed E-state index contributed by atoms with van der Waals surface area (Å²) < 4.78 is 5.68. The number of amides is 1. The summed E-state index contributed by atoms with van der Waals surface area (Å²) in [5.74, 6) is 0.874. The Morgan fingerprint density at radius 2 is 2.24 bits per heavy atom. The molecule has 0 aliphatic carbocycles. The number of hydrogen-bond acceptors (Lipinski definition) is 3. The zero-order valence-electron chi connectivity index (χ0n) is 10.7. The fourth-order valence-electron chi connectivity index (χ4n) is 2.86. The lowest BCUT2D eigenvalue weighted by Gasteiger charge is -2.33. The predicted molar refractivity (Wildman–Crippen MR) is 66.5 cm³/mol. The van der Waals surface area contributed by atoms with E-state index in [2.05, 4.69) is 6.92 Å². The van der Waals surface area contributed by atoms with Gasteiger partial charge in [-0.3, -0.25) is 4.79 Å². The Balaban J connectivity index is 1.87. The highest BCUT2D eigenvalue weighted by Gasteiger charge is 2.34. The number of ether oxygens (including phenoxy) is 1. The van der Waals surface area contributed by atoms with Crippen LogP contribution in [0, 0.1) is 5.92 Å². The van der Waals surface area contributed by atoms with Crippen LogP contribution in [-0.2, 0) is 9.53 Å². The lowest BCUT2D eigenvalue weighted by molar-refractivity contribution is -0.144. The van der Waals surface area contributed by atoms with Crippen LogP contribution in [-0.4, -0.2) is 42.6 Å². The molecule has 1 unspecified atom stereocenters. The van der Waals surface area contributed by atoms with Gasteiger partial charge in [-0.1, -0.05) is 13.3 Å². The Hall–Kier alpha value is -0.610. The summed E-state index contributed by atoms with van der Waals surface area (Å²) in [6.45, 7) is 4.56. The Kier molecular flexibility index (Phi) is 4.40. The standard InChI is InChI=1S/C13H24N2O2/c1-2-10-4-3-7-15(9-10)13(16)12-6-5-11(8-14)17-12/h10-12H,2-9,14H2,1H3/t10?,11-,12+/m1/s1. The quantitative estimate of drug-likeness (QED) is 0.805. The molecule has 2 rings (SSSR count). The molecule has 1 amide bonds. The Labute approximate surface area is 103 Å². The first kappa shape index (κ1) is 12.8. The summed E-state index contributed by atoms with van der Waals surface area (Å²) in [5.41, 5.74) is 5.57. The van der Waals surface area contributed by atoms with Gasteiger partial charge in [-0.05, 0) is 31.6 Å². The third kappa shape index (κ3) is 2.99. The van der Waals surface area contributed by atoms with Crippen molar-refractivity contribution in [2.45, 2.75) is 51.2 Å². The number of hydrogen-bond donors (Lipinski definition) is 1. The summed E-state index contributed by atoms with van der Waals surface area (Å²) in [7, 11) is 0. The number of nitrogens with two attached hydrogens (primary N) is 1. The predicted octanol–water partition coefficient (Wildman–Crippen LogP) is 1.14. The van der Waals surface area contributed by atoms with Gasteiger partial charge in [-0.15, -0.1) is 0 Å². The van der Waals surface area contributed by atoms with Crippen molar-refractivity contribution in [2.24, 2.45) is 11.7 Å². The Morgan fingerprint density at radius 1 is 1.41 bits per heavy atom. The average Bonchev–Trinajstić information content (AvgIpc) is 2.86. The molecule has 0 spiro atoms. The van der Waals surface area contributed by atoms with Crippen molar-refractivity contribution in [1.29, 1.82) is 0 Å². The van der Waals surface area contributed by atoms with E-state index in [0.29, 0.717) is 12.5 Å². The summed E-state index contributed by atoms with van der Waals surface area (Å²) in [6.07, 6.45) is 5.20. The zero-order valence-corrected chi connectivity index (χ0v) is 10.7. The molecule has 2 N–H and O–H groups in total. The molecular weight excluding hydrogens is 216 g/mol. The van der Waals surface area contributed by atoms with E-state index < -0.39 is 0 Å². The van der Waals surface area contributed by atoms with E-state index in [0.717, 1.165) is 32.4 Å². The molecule has 4 nitrogen and oxygen atoms in total. The third-order valence-corrected chi connectivity index (χ3v) is 4.05. The monoisotopic (exact) mass is 240 g/mol. The highest BCUT2D eigenvalue weighted by molar-refractivity contribution is 5.81. The number of likely N-dealkylation sites (tertiary alicyclic amines) is 1. The molecule has 0 radical (unpaired) electrons. The van der Waals surface area contributed by atoms with Crippen molar-refractivity contribution >= 4 is 5.91 Å². The van der Waals surface area contributed by atoms with Crippen LogP contribution in [0.2, 0.25) is 0 Å². The lowest BCUT2D eigenvalue weighted by Crippen LogP contribution is -2.45. The minimum Gasteiger partial charge on any atom is -0.364 e. The first-order chi connectivity index (χ1) is 8.24. The molecule has 2 aliphatic heterocycles. The first-order valence-corrected chi connectivity index (χ1v) is 6.89. The fraction of sp³-hybridized carbons (Fsp3) is 0.923.